The summed E-state index contributed by atoms with van der Waals surface area (Å²) in [6.07, 6.45) is 3.49. The lowest BCUT2D eigenvalue weighted by molar-refractivity contribution is 0.546. The van der Waals surface area contributed by atoms with Crippen molar-refractivity contribution in [3.8, 4) is 22.7 Å². The van der Waals surface area contributed by atoms with Crippen LogP contribution in [0.25, 0.3) is 22.7 Å². The van der Waals surface area contributed by atoms with Gasteiger partial charge in [0, 0.05) is 10.0 Å². The van der Waals surface area contributed by atoms with Crippen LogP contribution in [0.15, 0.2) is 57.7 Å². The van der Waals surface area contributed by atoms with Crippen molar-refractivity contribution >= 4 is 15.9 Å². The molecule has 2 heterocycles. The summed E-state index contributed by atoms with van der Waals surface area (Å²) in [6.45, 7) is 1.91. The van der Waals surface area contributed by atoms with Gasteiger partial charge in [0.05, 0.1) is 18.1 Å². The summed E-state index contributed by atoms with van der Waals surface area (Å²) in [5, 5.41) is 0. The topological polar surface area (TPSA) is 38.9 Å². The molecule has 0 saturated carbocycles. The lowest BCUT2D eigenvalue weighted by atomic mass is 10.2. The lowest BCUT2D eigenvalue weighted by Crippen LogP contribution is -1.88. The van der Waals surface area contributed by atoms with Gasteiger partial charge in [-0.2, -0.15) is 0 Å². The molecule has 0 N–H and O–H groups in total. The molecule has 0 unspecified atom stereocenters. The molecule has 0 bridgehead atoms. The van der Waals surface area contributed by atoms with Crippen LogP contribution in [0.3, 0.4) is 0 Å². The van der Waals surface area contributed by atoms with Crippen LogP contribution < -0.4 is 0 Å². The first-order valence-electron chi connectivity index (χ1n) is 5.87. The van der Waals surface area contributed by atoms with Crippen LogP contribution >= 0.6 is 15.9 Å². The summed E-state index contributed by atoms with van der Waals surface area (Å²) in [6, 6.07) is 11.8. The SMILES string of the molecule is Cc1ccc(-c2cnc(-c3ccc(Br)cc3)cn2)o1. The number of rotatable bonds is 2. The van der Waals surface area contributed by atoms with E-state index in [2.05, 4.69) is 25.9 Å². The van der Waals surface area contributed by atoms with Crippen LogP contribution in [0.5, 0.6) is 0 Å². The fraction of sp³-hybridized carbons (Fsp3) is 0.0667. The van der Waals surface area contributed by atoms with E-state index in [4.69, 9.17) is 4.42 Å². The Bertz CT molecular complexity index is 687. The van der Waals surface area contributed by atoms with Crippen molar-refractivity contribution in [1.29, 1.82) is 0 Å². The largest absolute Gasteiger partial charge is 0.460 e. The highest BCUT2D eigenvalue weighted by Crippen LogP contribution is 2.22. The van der Waals surface area contributed by atoms with Gasteiger partial charge < -0.3 is 4.42 Å². The maximum atomic E-state index is 5.52. The van der Waals surface area contributed by atoms with Crippen LogP contribution in [0.4, 0.5) is 0 Å². The standard InChI is InChI=1S/C15H11BrN2O/c1-10-2-7-15(19-10)14-9-17-13(8-18-14)11-3-5-12(16)6-4-11/h2-9H,1H3. The summed E-state index contributed by atoms with van der Waals surface area (Å²) in [4.78, 5) is 8.82. The van der Waals surface area contributed by atoms with Crippen molar-refractivity contribution in [2.24, 2.45) is 0 Å². The molecule has 0 amide bonds. The van der Waals surface area contributed by atoms with E-state index >= 15 is 0 Å². The van der Waals surface area contributed by atoms with Crippen LogP contribution in [-0.4, -0.2) is 9.97 Å². The molecule has 19 heavy (non-hydrogen) atoms. The van der Waals surface area contributed by atoms with E-state index in [1.807, 2.05) is 43.3 Å². The predicted octanol–water partition coefficient (Wildman–Crippen LogP) is 4.47. The molecule has 0 radical (unpaired) electrons. The van der Waals surface area contributed by atoms with Gasteiger partial charge in [-0.05, 0) is 31.2 Å². The number of hydrogen-bond acceptors (Lipinski definition) is 3. The predicted molar refractivity (Wildman–Crippen MR) is 77.6 cm³/mol. The Morgan fingerprint density at radius 1 is 0.895 bits per heavy atom. The molecule has 0 aliphatic carbocycles. The molecule has 4 heteroatoms. The third kappa shape index (κ3) is 2.58. The highest BCUT2D eigenvalue weighted by atomic mass is 79.9. The number of furan rings is 1. The summed E-state index contributed by atoms with van der Waals surface area (Å²) < 4.78 is 6.57. The average molecular weight is 315 g/mol. The molecule has 0 spiro atoms. The normalized spacial score (nSPS) is 10.6. The lowest BCUT2D eigenvalue weighted by Gasteiger charge is -2.01. The van der Waals surface area contributed by atoms with Gasteiger partial charge in [-0.3, -0.25) is 4.98 Å². The number of aryl methyl sites for hydroxylation is 1. The van der Waals surface area contributed by atoms with E-state index in [-0.39, 0.29) is 0 Å². The molecule has 0 aliphatic rings. The second-order valence-corrected chi connectivity index (χ2v) is 5.12. The molecule has 0 fully saturated rings. The van der Waals surface area contributed by atoms with E-state index in [1.54, 1.807) is 12.4 Å². The molecule has 94 valence electrons. The van der Waals surface area contributed by atoms with Crippen molar-refractivity contribution in [2.75, 3.05) is 0 Å². The van der Waals surface area contributed by atoms with Crippen LogP contribution in [0.1, 0.15) is 5.76 Å². The van der Waals surface area contributed by atoms with E-state index in [1.165, 1.54) is 0 Å². The van der Waals surface area contributed by atoms with Crippen molar-refractivity contribution in [2.45, 2.75) is 6.92 Å². The maximum absolute atomic E-state index is 5.52. The number of halogens is 1. The molecule has 0 saturated heterocycles. The Hall–Kier alpha value is -1.94. The number of aromatic nitrogens is 2. The first-order valence-corrected chi connectivity index (χ1v) is 6.66. The molecule has 3 nitrogen and oxygen atoms in total. The highest BCUT2D eigenvalue weighted by Gasteiger charge is 2.06. The van der Waals surface area contributed by atoms with Crippen molar-refractivity contribution in [1.82, 2.24) is 9.97 Å². The number of hydrogen-bond donors (Lipinski definition) is 0. The summed E-state index contributed by atoms with van der Waals surface area (Å²) in [5.74, 6) is 1.61. The van der Waals surface area contributed by atoms with Crippen LogP contribution in [-0.2, 0) is 0 Å². The quantitative estimate of drug-likeness (QED) is 0.700. The fourth-order valence-electron chi connectivity index (χ4n) is 1.80. The minimum atomic E-state index is 0.743. The molecular weight excluding hydrogens is 304 g/mol. The third-order valence-electron chi connectivity index (χ3n) is 2.78. The maximum Gasteiger partial charge on any atom is 0.154 e. The first-order chi connectivity index (χ1) is 9.22. The Labute approximate surface area is 119 Å². The zero-order chi connectivity index (χ0) is 13.2. The molecule has 0 aliphatic heterocycles. The molecule has 2 aromatic heterocycles. The van der Waals surface area contributed by atoms with Crippen molar-refractivity contribution in [3.05, 3.63) is 59.0 Å². The van der Waals surface area contributed by atoms with Gasteiger partial charge in [0.15, 0.2) is 5.76 Å². The molecule has 3 aromatic rings. The molecule has 3 rings (SSSR count). The Morgan fingerprint density at radius 3 is 2.16 bits per heavy atom. The molecular formula is C15H11BrN2O. The monoisotopic (exact) mass is 314 g/mol. The van der Waals surface area contributed by atoms with Crippen LogP contribution in [0, 0.1) is 6.92 Å². The minimum Gasteiger partial charge on any atom is -0.460 e. The summed E-state index contributed by atoms with van der Waals surface area (Å²) >= 11 is 3.41. The van der Waals surface area contributed by atoms with E-state index in [0.29, 0.717) is 0 Å². The van der Waals surface area contributed by atoms with Gasteiger partial charge >= 0.3 is 0 Å². The zero-order valence-electron chi connectivity index (χ0n) is 10.3. The summed E-state index contributed by atoms with van der Waals surface area (Å²) in [5.41, 5.74) is 2.63. The Morgan fingerprint density at radius 2 is 1.58 bits per heavy atom. The second kappa shape index (κ2) is 4.97. The minimum absolute atomic E-state index is 0.743. The van der Waals surface area contributed by atoms with Crippen molar-refractivity contribution in [3.63, 3.8) is 0 Å². The van der Waals surface area contributed by atoms with Crippen molar-refractivity contribution < 1.29 is 4.42 Å². The van der Waals surface area contributed by atoms with E-state index in [9.17, 15) is 0 Å². The fourth-order valence-corrected chi connectivity index (χ4v) is 2.06. The van der Waals surface area contributed by atoms with Gasteiger partial charge in [0.2, 0.25) is 0 Å². The molecule has 1 aromatic carbocycles. The number of nitrogens with zero attached hydrogens (tertiary/aromatic N) is 2. The van der Waals surface area contributed by atoms with Crippen LogP contribution in [0.2, 0.25) is 0 Å². The van der Waals surface area contributed by atoms with Gasteiger partial charge in [-0.1, -0.05) is 28.1 Å². The Kier molecular flexibility index (Phi) is 3.17. The highest BCUT2D eigenvalue weighted by molar-refractivity contribution is 9.10. The number of benzene rings is 1. The Balaban J connectivity index is 1.92. The second-order valence-electron chi connectivity index (χ2n) is 4.20. The van der Waals surface area contributed by atoms with Gasteiger partial charge in [0.25, 0.3) is 0 Å². The first kappa shape index (κ1) is 12.1. The van der Waals surface area contributed by atoms with Gasteiger partial charge in [0.1, 0.15) is 11.5 Å². The van der Waals surface area contributed by atoms with Gasteiger partial charge in [-0.25, -0.2) is 4.98 Å². The zero-order valence-corrected chi connectivity index (χ0v) is 11.9. The average Bonchev–Trinajstić information content (AvgIpc) is 2.87. The third-order valence-corrected chi connectivity index (χ3v) is 3.31. The van der Waals surface area contributed by atoms with Gasteiger partial charge in [-0.15, -0.1) is 0 Å². The molecule has 0 atom stereocenters. The van der Waals surface area contributed by atoms with E-state index in [0.717, 1.165) is 32.9 Å². The smallest absolute Gasteiger partial charge is 0.154 e. The summed E-state index contributed by atoms with van der Waals surface area (Å²) in [7, 11) is 0. The van der Waals surface area contributed by atoms with E-state index < -0.39 is 0 Å².